The number of hydrogen-bond acceptors (Lipinski definition) is 2. The van der Waals surface area contributed by atoms with Gasteiger partial charge in [0.1, 0.15) is 0 Å². The fraction of sp³-hybridized carbons (Fsp3) is 0.857. The number of Topliss-reactive ketones (excluding diaryl/α,β-unsaturated/α-hetero) is 1. The number of rotatable bonds is 3. The summed E-state index contributed by atoms with van der Waals surface area (Å²) in [6.45, 7) is 0. The van der Waals surface area contributed by atoms with E-state index >= 15 is 0 Å². The maximum atomic E-state index is 11.6. The third-order valence-corrected chi connectivity index (χ3v) is 1.98. The number of halogens is 4. The van der Waals surface area contributed by atoms with Gasteiger partial charge in [0, 0.05) is 6.42 Å². The standard InChI is InChI=1S/C7H10F3NO.ClH/c8-7(9,10)2-1-5(12)6(11)3-4-6;/h1-4,11H2;1H. The lowest BCUT2D eigenvalue weighted by Gasteiger charge is -2.08. The van der Waals surface area contributed by atoms with Crippen LogP contribution in [0.25, 0.3) is 0 Å². The van der Waals surface area contributed by atoms with Crippen LogP contribution in [-0.4, -0.2) is 17.5 Å². The van der Waals surface area contributed by atoms with Crippen molar-refractivity contribution in [3.63, 3.8) is 0 Å². The van der Waals surface area contributed by atoms with E-state index in [4.69, 9.17) is 5.73 Å². The first-order valence-electron chi connectivity index (χ1n) is 3.72. The average Bonchev–Trinajstić information content (AvgIpc) is 2.62. The van der Waals surface area contributed by atoms with Gasteiger partial charge in [-0.15, -0.1) is 12.4 Å². The van der Waals surface area contributed by atoms with Crippen LogP contribution in [0.15, 0.2) is 0 Å². The molecule has 13 heavy (non-hydrogen) atoms. The summed E-state index contributed by atoms with van der Waals surface area (Å²) < 4.78 is 34.9. The van der Waals surface area contributed by atoms with Gasteiger partial charge in [-0.2, -0.15) is 13.2 Å². The lowest BCUT2D eigenvalue weighted by atomic mass is 10.1. The quantitative estimate of drug-likeness (QED) is 0.784. The van der Waals surface area contributed by atoms with Gasteiger partial charge in [-0.25, -0.2) is 0 Å². The number of ketones is 1. The van der Waals surface area contributed by atoms with Gasteiger partial charge in [-0.3, -0.25) is 4.79 Å². The molecule has 0 unspecified atom stereocenters. The molecule has 2 nitrogen and oxygen atoms in total. The van der Waals surface area contributed by atoms with Crippen LogP contribution in [0.4, 0.5) is 13.2 Å². The minimum Gasteiger partial charge on any atom is -0.319 e. The molecule has 0 aromatic heterocycles. The molecule has 1 aliphatic rings. The Morgan fingerprint density at radius 2 is 1.85 bits per heavy atom. The van der Waals surface area contributed by atoms with Crippen molar-refractivity contribution in [3.05, 3.63) is 0 Å². The first-order valence-corrected chi connectivity index (χ1v) is 3.72. The Morgan fingerprint density at radius 3 is 2.15 bits per heavy atom. The topological polar surface area (TPSA) is 43.1 Å². The highest BCUT2D eigenvalue weighted by molar-refractivity contribution is 5.90. The monoisotopic (exact) mass is 217 g/mol. The van der Waals surface area contributed by atoms with Crippen LogP contribution in [0.3, 0.4) is 0 Å². The zero-order valence-corrected chi connectivity index (χ0v) is 7.67. The maximum absolute atomic E-state index is 11.6. The van der Waals surface area contributed by atoms with Crippen molar-refractivity contribution in [2.45, 2.75) is 37.4 Å². The van der Waals surface area contributed by atoms with E-state index in [1.54, 1.807) is 0 Å². The van der Waals surface area contributed by atoms with Crippen molar-refractivity contribution in [2.24, 2.45) is 5.73 Å². The summed E-state index contributed by atoms with van der Waals surface area (Å²) in [5.41, 5.74) is 4.49. The van der Waals surface area contributed by atoms with Crippen LogP contribution in [0.1, 0.15) is 25.7 Å². The smallest absolute Gasteiger partial charge is 0.319 e. The zero-order valence-electron chi connectivity index (χ0n) is 6.86. The summed E-state index contributed by atoms with van der Waals surface area (Å²) in [7, 11) is 0. The van der Waals surface area contributed by atoms with Crippen LogP contribution in [-0.2, 0) is 4.79 Å². The van der Waals surface area contributed by atoms with Crippen molar-refractivity contribution >= 4 is 18.2 Å². The Hall–Kier alpha value is -0.290. The molecule has 2 N–H and O–H groups in total. The molecule has 0 aromatic rings. The van der Waals surface area contributed by atoms with Crippen LogP contribution >= 0.6 is 12.4 Å². The van der Waals surface area contributed by atoms with E-state index in [9.17, 15) is 18.0 Å². The molecule has 78 valence electrons. The zero-order chi connectivity index (χ0) is 9.41. The SMILES string of the molecule is Cl.NC1(C(=O)CCC(F)(F)F)CC1. The number of carbonyl (C=O) groups excluding carboxylic acids is 1. The highest BCUT2D eigenvalue weighted by Gasteiger charge is 2.46. The van der Waals surface area contributed by atoms with E-state index in [1.165, 1.54) is 0 Å². The Balaban J connectivity index is 0.00000144. The first-order chi connectivity index (χ1) is 5.33. The Morgan fingerprint density at radius 1 is 1.38 bits per heavy atom. The lowest BCUT2D eigenvalue weighted by molar-refractivity contribution is -0.144. The molecule has 0 aliphatic heterocycles. The summed E-state index contributed by atoms with van der Waals surface area (Å²) in [4.78, 5) is 10.9. The number of alkyl halides is 3. The highest BCUT2D eigenvalue weighted by atomic mass is 35.5. The van der Waals surface area contributed by atoms with Gasteiger partial charge in [-0.1, -0.05) is 0 Å². The fourth-order valence-corrected chi connectivity index (χ4v) is 0.918. The van der Waals surface area contributed by atoms with Gasteiger partial charge >= 0.3 is 6.18 Å². The van der Waals surface area contributed by atoms with Gasteiger partial charge in [0.05, 0.1) is 12.0 Å². The predicted molar refractivity (Wildman–Crippen MR) is 43.7 cm³/mol. The minimum atomic E-state index is -4.25. The van der Waals surface area contributed by atoms with Crippen molar-refractivity contribution < 1.29 is 18.0 Å². The molecule has 0 atom stereocenters. The molecule has 1 fully saturated rings. The third-order valence-electron chi connectivity index (χ3n) is 1.98. The van der Waals surface area contributed by atoms with E-state index in [0.29, 0.717) is 12.8 Å². The van der Waals surface area contributed by atoms with Crippen molar-refractivity contribution in [3.8, 4) is 0 Å². The van der Waals surface area contributed by atoms with E-state index in [0.717, 1.165) is 0 Å². The average molecular weight is 218 g/mol. The van der Waals surface area contributed by atoms with Gasteiger partial charge in [0.2, 0.25) is 0 Å². The van der Waals surface area contributed by atoms with Crippen molar-refractivity contribution in [1.82, 2.24) is 0 Å². The maximum Gasteiger partial charge on any atom is 0.389 e. The first kappa shape index (κ1) is 12.7. The van der Waals surface area contributed by atoms with Gasteiger partial charge in [0.15, 0.2) is 5.78 Å². The Kier molecular flexibility index (Phi) is 3.75. The van der Waals surface area contributed by atoms with Crippen LogP contribution < -0.4 is 5.73 Å². The number of carbonyl (C=O) groups is 1. The lowest BCUT2D eigenvalue weighted by Crippen LogP contribution is -2.33. The summed E-state index contributed by atoms with van der Waals surface area (Å²) >= 11 is 0. The van der Waals surface area contributed by atoms with Crippen LogP contribution in [0.5, 0.6) is 0 Å². The molecule has 0 bridgehead atoms. The third kappa shape index (κ3) is 3.95. The van der Waals surface area contributed by atoms with E-state index in [-0.39, 0.29) is 12.4 Å². The van der Waals surface area contributed by atoms with Gasteiger partial charge in [0.25, 0.3) is 0 Å². The van der Waals surface area contributed by atoms with Gasteiger partial charge < -0.3 is 5.73 Å². The molecule has 1 saturated carbocycles. The van der Waals surface area contributed by atoms with E-state index in [2.05, 4.69) is 0 Å². The second kappa shape index (κ2) is 3.84. The largest absolute Gasteiger partial charge is 0.389 e. The predicted octanol–water partition coefficient (Wildman–Crippen LogP) is 1.81. The van der Waals surface area contributed by atoms with Gasteiger partial charge in [-0.05, 0) is 12.8 Å². The minimum absolute atomic E-state index is 0. The van der Waals surface area contributed by atoms with Crippen LogP contribution in [0, 0.1) is 0 Å². The molecular formula is C7H11ClF3NO. The molecular weight excluding hydrogens is 207 g/mol. The second-order valence-electron chi connectivity index (χ2n) is 3.19. The normalized spacial score (nSPS) is 19.1. The molecule has 0 spiro atoms. The summed E-state index contributed by atoms with van der Waals surface area (Å²) in [6.07, 6.45) is -4.71. The molecule has 0 aromatic carbocycles. The van der Waals surface area contributed by atoms with Crippen molar-refractivity contribution in [2.75, 3.05) is 0 Å². The number of nitrogens with two attached hydrogens (primary N) is 1. The number of hydrogen-bond donors (Lipinski definition) is 1. The van der Waals surface area contributed by atoms with E-state index < -0.39 is 30.3 Å². The molecule has 0 heterocycles. The Bertz CT molecular complexity index is 200. The fourth-order valence-electron chi connectivity index (χ4n) is 0.918. The molecule has 0 radical (unpaired) electrons. The van der Waals surface area contributed by atoms with E-state index in [1.807, 2.05) is 0 Å². The molecule has 1 aliphatic carbocycles. The molecule has 1 rings (SSSR count). The summed E-state index contributed by atoms with van der Waals surface area (Å²) in [5, 5.41) is 0. The summed E-state index contributed by atoms with van der Waals surface area (Å²) in [6, 6.07) is 0. The highest BCUT2D eigenvalue weighted by Crippen LogP contribution is 2.35. The molecule has 6 heteroatoms. The van der Waals surface area contributed by atoms with Crippen LogP contribution in [0.2, 0.25) is 0 Å². The second-order valence-corrected chi connectivity index (χ2v) is 3.19. The van der Waals surface area contributed by atoms with Crippen molar-refractivity contribution in [1.29, 1.82) is 0 Å². The Labute approximate surface area is 80.1 Å². The molecule has 0 amide bonds. The summed E-state index contributed by atoms with van der Waals surface area (Å²) in [5.74, 6) is -0.458. The molecule has 0 saturated heterocycles.